The Morgan fingerprint density at radius 1 is 0.677 bits per heavy atom. The van der Waals surface area contributed by atoms with Crippen LogP contribution >= 0.6 is 0 Å². The second-order valence-corrected chi connectivity index (χ2v) is 9.86. The van der Waals surface area contributed by atoms with Crippen LogP contribution in [0.2, 0.25) is 0 Å². The zero-order valence-electron chi connectivity index (χ0n) is 19.9. The first kappa shape index (κ1) is 23.8. The monoisotopic (exact) mass is 421 g/mol. The van der Waals surface area contributed by atoms with E-state index < -0.39 is 0 Å². The maximum absolute atomic E-state index is 11.7. The van der Waals surface area contributed by atoms with Gasteiger partial charge in [-0.05, 0) is 61.1 Å². The minimum atomic E-state index is 0.0555. The third-order valence-corrected chi connectivity index (χ3v) is 7.75. The number of nitrogens with zero attached hydrogens (tertiary/aromatic N) is 1. The van der Waals surface area contributed by atoms with Crippen molar-refractivity contribution in [3.63, 3.8) is 0 Å². The van der Waals surface area contributed by atoms with Gasteiger partial charge in [-0.1, -0.05) is 94.2 Å². The van der Waals surface area contributed by atoms with Crippen LogP contribution in [0.3, 0.4) is 0 Å². The summed E-state index contributed by atoms with van der Waals surface area (Å²) in [6, 6.07) is 17.0. The summed E-state index contributed by atoms with van der Waals surface area (Å²) in [4.78, 5) is 13.4. The Labute approximate surface area is 190 Å². The van der Waals surface area contributed by atoms with Gasteiger partial charge in [-0.25, -0.2) is 0 Å². The van der Waals surface area contributed by atoms with E-state index in [4.69, 9.17) is 0 Å². The molecule has 1 aromatic rings. The van der Waals surface area contributed by atoms with E-state index in [9.17, 15) is 4.79 Å². The zero-order chi connectivity index (χ0) is 21.9. The van der Waals surface area contributed by atoms with Gasteiger partial charge in [0.15, 0.2) is 0 Å². The van der Waals surface area contributed by atoms with Gasteiger partial charge >= 0.3 is 0 Å². The van der Waals surface area contributed by atoms with Crippen molar-refractivity contribution in [2.24, 2.45) is 11.8 Å². The molecule has 0 saturated heterocycles. The number of anilines is 1. The molecule has 2 saturated carbocycles. The molecule has 0 aliphatic heterocycles. The van der Waals surface area contributed by atoms with Crippen molar-refractivity contribution in [1.82, 2.24) is 0 Å². The number of carbonyl (C=O) groups is 1. The predicted octanol–water partition coefficient (Wildman–Crippen LogP) is 8.21. The van der Waals surface area contributed by atoms with Crippen molar-refractivity contribution in [2.45, 2.75) is 96.3 Å². The van der Waals surface area contributed by atoms with Gasteiger partial charge in [0.1, 0.15) is 0 Å². The van der Waals surface area contributed by atoms with Crippen LogP contribution in [-0.4, -0.2) is 13.0 Å². The first-order valence-electron chi connectivity index (χ1n) is 12.8. The molecule has 1 aromatic carbocycles. The lowest BCUT2D eigenvalue weighted by atomic mass is 9.71. The number of carbonyl (C=O) groups excluding carboxylic acids is 1. The number of amides is 1. The highest BCUT2D eigenvalue weighted by Crippen LogP contribution is 2.41. The lowest BCUT2D eigenvalue weighted by Gasteiger charge is -2.34. The fourth-order valence-electron chi connectivity index (χ4n) is 5.67. The highest BCUT2D eigenvalue weighted by Gasteiger charge is 2.27. The van der Waals surface area contributed by atoms with Gasteiger partial charge in [0.2, 0.25) is 5.91 Å². The maximum atomic E-state index is 11.7. The summed E-state index contributed by atoms with van der Waals surface area (Å²) in [5.74, 6) is 2.65. The standard InChI is InChI=1S/C29H43NO/c1-24(31)30(2)29-18-12-8-11-16-26(17-13-19-29)28-22-20-27(21-23-28)25-14-9-6-4-3-5-7-10-15-25/h8,11-13,16-19,25,27-28H,3-7,9-10,14-15,20-23H2,1-2H3. The maximum Gasteiger partial charge on any atom is 0.223 e. The summed E-state index contributed by atoms with van der Waals surface area (Å²) >= 11 is 0. The quantitative estimate of drug-likeness (QED) is 0.481. The SMILES string of the molecule is CC(=O)N(C)c1cccccc(C2CCC(C3CCCCCCCCC3)CC2)ccc1. The van der Waals surface area contributed by atoms with Gasteiger partial charge in [0, 0.05) is 19.7 Å². The molecule has 3 rings (SSSR count). The minimum Gasteiger partial charge on any atom is -0.316 e. The van der Waals surface area contributed by atoms with Crippen LogP contribution in [0.1, 0.15) is 102 Å². The van der Waals surface area contributed by atoms with E-state index in [0.29, 0.717) is 5.92 Å². The van der Waals surface area contributed by atoms with E-state index in [2.05, 4.69) is 36.4 Å². The Hall–Kier alpha value is -1.83. The molecule has 2 nitrogen and oxygen atoms in total. The fraction of sp³-hybridized carbons (Fsp3) is 0.621. The summed E-state index contributed by atoms with van der Waals surface area (Å²) in [6.07, 6.45) is 18.6. The van der Waals surface area contributed by atoms with Crippen LogP contribution in [0.4, 0.5) is 5.69 Å². The second kappa shape index (κ2) is 12.9. The number of hydrogen-bond acceptors (Lipinski definition) is 1. The molecule has 2 aliphatic rings. The van der Waals surface area contributed by atoms with Crippen LogP contribution in [0, 0.1) is 11.8 Å². The van der Waals surface area contributed by atoms with Gasteiger partial charge in [-0.2, -0.15) is 0 Å². The van der Waals surface area contributed by atoms with E-state index in [1.54, 1.807) is 11.8 Å². The van der Waals surface area contributed by atoms with E-state index in [0.717, 1.165) is 17.5 Å². The largest absolute Gasteiger partial charge is 0.316 e. The van der Waals surface area contributed by atoms with Gasteiger partial charge in [0.05, 0.1) is 0 Å². The Bertz CT molecular complexity index is 723. The lowest BCUT2D eigenvalue weighted by Crippen LogP contribution is -2.22. The molecule has 1 amide bonds. The van der Waals surface area contributed by atoms with E-state index in [-0.39, 0.29) is 5.91 Å². The molecular formula is C29H43NO. The Balaban J connectivity index is 1.64. The first-order valence-corrected chi connectivity index (χ1v) is 12.8. The van der Waals surface area contributed by atoms with Crippen molar-refractivity contribution in [1.29, 1.82) is 0 Å². The summed E-state index contributed by atoms with van der Waals surface area (Å²) in [5.41, 5.74) is 2.37. The van der Waals surface area contributed by atoms with Crippen LogP contribution < -0.4 is 4.90 Å². The molecule has 0 aromatic heterocycles. The topological polar surface area (TPSA) is 20.3 Å². The van der Waals surface area contributed by atoms with Gasteiger partial charge in [-0.15, -0.1) is 0 Å². The predicted molar refractivity (Wildman–Crippen MR) is 133 cm³/mol. The molecule has 2 heteroatoms. The molecule has 31 heavy (non-hydrogen) atoms. The van der Waals surface area contributed by atoms with Crippen molar-refractivity contribution in [3.05, 3.63) is 54.1 Å². The molecule has 0 N–H and O–H groups in total. The van der Waals surface area contributed by atoms with Crippen molar-refractivity contribution in [3.8, 4) is 0 Å². The summed E-state index contributed by atoms with van der Waals surface area (Å²) < 4.78 is 0. The first-order chi connectivity index (χ1) is 15.1. The van der Waals surface area contributed by atoms with Crippen LogP contribution in [-0.2, 0) is 4.79 Å². The molecular weight excluding hydrogens is 378 g/mol. The van der Waals surface area contributed by atoms with E-state index in [1.807, 2.05) is 19.2 Å². The molecule has 0 atom stereocenters. The lowest BCUT2D eigenvalue weighted by molar-refractivity contribution is -0.116. The molecule has 170 valence electrons. The number of hydrogen-bond donors (Lipinski definition) is 0. The third-order valence-electron chi connectivity index (χ3n) is 7.75. The molecule has 0 unspecified atom stereocenters. The highest BCUT2D eigenvalue weighted by atomic mass is 16.2. The zero-order valence-corrected chi connectivity index (χ0v) is 19.9. The molecule has 2 fully saturated rings. The van der Waals surface area contributed by atoms with Crippen molar-refractivity contribution in [2.75, 3.05) is 11.9 Å². The Morgan fingerprint density at radius 2 is 1.19 bits per heavy atom. The van der Waals surface area contributed by atoms with Crippen LogP contribution in [0.5, 0.6) is 0 Å². The second-order valence-electron chi connectivity index (χ2n) is 9.86. The van der Waals surface area contributed by atoms with E-state index in [1.165, 1.54) is 89.0 Å². The average Bonchev–Trinajstić information content (AvgIpc) is 2.80. The summed E-state index contributed by atoms with van der Waals surface area (Å²) in [5, 5.41) is 0. The van der Waals surface area contributed by atoms with Gasteiger partial charge < -0.3 is 4.90 Å². The third kappa shape index (κ3) is 7.66. The van der Waals surface area contributed by atoms with Gasteiger partial charge in [0.25, 0.3) is 0 Å². The fourth-order valence-corrected chi connectivity index (χ4v) is 5.67. The average molecular weight is 422 g/mol. The number of rotatable bonds is 3. The van der Waals surface area contributed by atoms with Crippen LogP contribution in [0.25, 0.3) is 0 Å². The molecule has 0 bridgehead atoms. The molecule has 0 spiro atoms. The Morgan fingerprint density at radius 3 is 1.84 bits per heavy atom. The molecule has 0 radical (unpaired) electrons. The minimum absolute atomic E-state index is 0.0555. The van der Waals surface area contributed by atoms with Crippen molar-refractivity contribution >= 4 is 11.6 Å². The van der Waals surface area contributed by atoms with Gasteiger partial charge in [-0.3, -0.25) is 4.79 Å². The molecule has 0 heterocycles. The van der Waals surface area contributed by atoms with Crippen LogP contribution in [0.15, 0.2) is 48.5 Å². The normalized spacial score (nSPS) is 23.4. The highest BCUT2D eigenvalue weighted by molar-refractivity contribution is 5.90. The summed E-state index contributed by atoms with van der Waals surface area (Å²) in [7, 11) is 1.83. The Kier molecular flexibility index (Phi) is 9.90. The van der Waals surface area contributed by atoms with Crippen molar-refractivity contribution < 1.29 is 4.79 Å². The van der Waals surface area contributed by atoms with E-state index >= 15 is 0 Å². The summed E-state index contributed by atoms with van der Waals surface area (Å²) in [6.45, 7) is 1.61. The smallest absolute Gasteiger partial charge is 0.223 e. The molecule has 2 aliphatic carbocycles.